The van der Waals surface area contributed by atoms with Crippen LogP contribution in [0.3, 0.4) is 0 Å². The summed E-state index contributed by atoms with van der Waals surface area (Å²) in [5.74, 6) is -2.70. The molecule has 124 valence electrons. The van der Waals surface area contributed by atoms with Gasteiger partial charge in [0.15, 0.2) is 0 Å². The Morgan fingerprint density at radius 2 is 1.83 bits per heavy atom. The molecule has 0 aliphatic carbocycles. The van der Waals surface area contributed by atoms with Gasteiger partial charge in [0.05, 0.1) is 12.9 Å². The number of ether oxygens (including phenoxy) is 1. The molecule has 0 atom stereocenters. The first-order valence-corrected chi connectivity index (χ1v) is 7.18. The van der Waals surface area contributed by atoms with Gasteiger partial charge in [-0.05, 0) is 37.0 Å². The van der Waals surface area contributed by atoms with E-state index in [-0.39, 0.29) is 0 Å². The molecule has 2 rings (SSSR count). The van der Waals surface area contributed by atoms with Crippen LogP contribution in [0.5, 0.6) is 5.75 Å². The maximum atomic E-state index is 9.10. The number of aromatic amines is 1. The van der Waals surface area contributed by atoms with Gasteiger partial charge < -0.3 is 19.9 Å². The Morgan fingerprint density at radius 1 is 1.17 bits per heavy atom. The topological polar surface area (TPSA) is 113 Å². The highest BCUT2D eigenvalue weighted by Crippen LogP contribution is 2.12. The third-order valence-corrected chi connectivity index (χ3v) is 2.93. The van der Waals surface area contributed by atoms with Crippen molar-refractivity contribution in [3.05, 3.63) is 48.0 Å². The molecular formula is C16H20N2O5. The molecule has 0 bridgehead atoms. The van der Waals surface area contributed by atoms with Crippen LogP contribution in [-0.4, -0.2) is 38.7 Å². The number of imidazole rings is 1. The van der Waals surface area contributed by atoms with E-state index >= 15 is 0 Å². The van der Waals surface area contributed by atoms with Crippen LogP contribution in [-0.2, 0) is 22.4 Å². The molecule has 0 unspecified atom stereocenters. The molecule has 0 aliphatic heterocycles. The van der Waals surface area contributed by atoms with Gasteiger partial charge in [-0.1, -0.05) is 19.1 Å². The Labute approximate surface area is 134 Å². The number of hydrogen-bond donors (Lipinski definition) is 3. The minimum atomic E-state index is -1.82. The molecule has 1 aromatic heterocycles. The maximum absolute atomic E-state index is 9.10. The Hall–Kier alpha value is -2.83. The van der Waals surface area contributed by atoms with Crippen molar-refractivity contribution >= 4 is 11.9 Å². The molecule has 0 saturated carbocycles. The van der Waals surface area contributed by atoms with Crippen LogP contribution in [0, 0.1) is 0 Å². The number of aryl methyl sites for hydroxylation is 2. The van der Waals surface area contributed by atoms with Gasteiger partial charge in [-0.3, -0.25) is 0 Å². The molecule has 0 amide bonds. The van der Waals surface area contributed by atoms with E-state index in [1.807, 2.05) is 18.3 Å². The highest BCUT2D eigenvalue weighted by molar-refractivity contribution is 6.27. The van der Waals surface area contributed by atoms with E-state index in [4.69, 9.17) is 24.5 Å². The Kier molecular flexibility index (Phi) is 7.91. The first-order chi connectivity index (χ1) is 11.0. The number of carboxylic acid groups (broad SMARTS) is 2. The van der Waals surface area contributed by atoms with Crippen LogP contribution in [0.15, 0.2) is 36.8 Å². The van der Waals surface area contributed by atoms with Crippen molar-refractivity contribution < 1.29 is 24.5 Å². The van der Waals surface area contributed by atoms with E-state index in [0.29, 0.717) is 0 Å². The Bertz CT molecular complexity index is 581. The van der Waals surface area contributed by atoms with E-state index in [0.717, 1.165) is 37.3 Å². The van der Waals surface area contributed by atoms with Crippen LogP contribution in [0.25, 0.3) is 0 Å². The maximum Gasteiger partial charge on any atom is 0.414 e. The molecule has 0 fully saturated rings. The van der Waals surface area contributed by atoms with E-state index in [1.54, 1.807) is 6.33 Å². The summed E-state index contributed by atoms with van der Waals surface area (Å²) in [6, 6.07) is 8.30. The third-order valence-electron chi connectivity index (χ3n) is 2.93. The molecule has 0 saturated heterocycles. The van der Waals surface area contributed by atoms with Crippen LogP contribution in [0.1, 0.15) is 24.6 Å². The van der Waals surface area contributed by atoms with E-state index in [1.165, 1.54) is 5.56 Å². The lowest BCUT2D eigenvalue weighted by Gasteiger charge is -2.06. The number of aromatic nitrogens is 2. The minimum Gasteiger partial charge on any atom is -0.494 e. The largest absolute Gasteiger partial charge is 0.494 e. The fraction of sp³-hybridized carbons (Fsp3) is 0.312. The predicted molar refractivity (Wildman–Crippen MR) is 83.5 cm³/mol. The summed E-state index contributed by atoms with van der Waals surface area (Å²) in [4.78, 5) is 25.3. The summed E-state index contributed by atoms with van der Waals surface area (Å²) in [6.45, 7) is 2.89. The van der Waals surface area contributed by atoms with Crippen LogP contribution in [0.2, 0.25) is 0 Å². The van der Waals surface area contributed by atoms with Crippen LogP contribution < -0.4 is 4.74 Å². The summed E-state index contributed by atoms with van der Waals surface area (Å²) < 4.78 is 5.67. The van der Waals surface area contributed by atoms with E-state index < -0.39 is 11.9 Å². The lowest BCUT2D eigenvalue weighted by Crippen LogP contribution is -2.09. The van der Waals surface area contributed by atoms with Gasteiger partial charge in [-0.15, -0.1) is 0 Å². The number of benzene rings is 1. The molecule has 23 heavy (non-hydrogen) atoms. The second kappa shape index (κ2) is 9.99. The highest BCUT2D eigenvalue weighted by Gasteiger charge is 2.04. The van der Waals surface area contributed by atoms with Gasteiger partial charge in [0.2, 0.25) is 0 Å². The molecule has 0 aliphatic rings. The van der Waals surface area contributed by atoms with Crippen molar-refractivity contribution in [3.8, 4) is 5.75 Å². The first kappa shape index (κ1) is 18.2. The summed E-state index contributed by atoms with van der Waals surface area (Å²) >= 11 is 0. The summed E-state index contributed by atoms with van der Waals surface area (Å²) in [6.07, 6.45) is 6.61. The molecule has 7 heteroatoms. The van der Waals surface area contributed by atoms with Gasteiger partial charge in [0.25, 0.3) is 0 Å². The SMILES string of the molecule is CCc1ccc(OCCCc2cnc[nH]2)cc1.O=C(O)C(=O)O. The molecule has 0 radical (unpaired) electrons. The molecule has 3 N–H and O–H groups in total. The number of hydrogen-bond acceptors (Lipinski definition) is 4. The second-order valence-corrected chi connectivity index (χ2v) is 4.64. The normalized spacial score (nSPS) is 9.61. The van der Waals surface area contributed by atoms with E-state index in [9.17, 15) is 0 Å². The predicted octanol–water partition coefficient (Wildman–Crippen LogP) is 2.14. The van der Waals surface area contributed by atoms with Crippen molar-refractivity contribution in [2.75, 3.05) is 6.61 Å². The van der Waals surface area contributed by atoms with Crippen molar-refractivity contribution in [3.63, 3.8) is 0 Å². The summed E-state index contributed by atoms with van der Waals surface area (Å²) in [5.41, 5.74) is 2.50. The summed E-state index contributed by atoms with van der Waals surface area (Å²) in [5, 5.41) is 14.8. The standard InChI is InChI=1S/C14H18N2O.C2H2O4/c1-2-12-5-7-14(8-6-12)17-9-3-4-13-10-15-11-16-13;3-1(4)2(5)6/h5-8,10-11H,2-4,9H2,1H3,(H,15,16);(H,3,4)(H,5,6). The molecule has 0 spiro atoms. The highest BCUT2D eigenvalue weighted by atomic mass is 16.5. The van der Waals surface area contributed by atoms with Gasteiger partial charge >= 0.3 is 11.9 Å². The van der Waals surface area contributed by atoms with Crippen molar-refractivity contribution in [2.45, 2.75) is 26.2 Å². The Balaban J connectivity index is 0.000000379. The zero-order valence-electron chi connectivity index (χ0n) is 12.9. The Morgan fingerprint density at radius 3 is 2.30 bits per heavy atom. The average Bonchev–Trinajstić information content (AvgIpc) is 3.06. The number of H-pyrrole nitrogens is 1. The number of carboxylic acids is 2. The molecule has 2 aromatic rings. The number of aliphatic carboxylic acids is 2. The fourth-order valence-corrected chi connectivity index (χ4v) is 1.70. The third kappa shape index (κ3) is 7.66. The second-order valence-electron chi connectivity index (χ2n) is 4.64. The molecule has 1 aromatic carbocycles. The zero-order valence-corrected chi connectivity index (χ0v) is 12.9. The number of nitrogens with zero attached hydrogens (tertiary/aromatic N) is 1. The average molecular weight is 320 g/mol. The summed E-state index contributed by atoms with van der Waals surface area (Å²) in [7, 11) is 0. The van der Waals surface area contributed by atoms with Gasteiger partial charge in [-0.2, -0.15) is 0 Å². The van der Waals surface area contributed by atoms with Crippen LogP contribution in [0.4, 0.5) is 0 Å². The number of nitrogens with one attached hydrogen (secondary N) is 1. The number of carbonyl (C=O) groups is 2. The van der Waals surface area contributed by atoms with Crippen LogP contribution >= 0.6 is 0 Å². The fourth-order valence-electron chi connectivity index (χ4n) is 1.70. The lowest BCUT2D eigenvalue weighted by molar-refractivity contribution is -0.159. The van der Waals surface area contributed by atoms with Gasteiger partial charge in [0, 0.05) is 11.9 Å². The minimum absolute atomic E-state index is 0.741. The monoisotopic (exact) mass is 320 g/mol. The zero-order chi connectivity index (χ0) is 17.1. The molecule has 7 nitrogen and oxygen atoms in total. The van der Waals surface area contributed by atoms with Gasteiger partial charge in [-0.25, -0.2) is 14.6 Å². The lowest BCUT2D eigenvalue weighted by atomic mass is 10.2. The molecule has 1 heterocycles. The quantitative estimate of drug-likeness (QED) is 0.555. The number of rotatable bonds is 6. The van der Waals surface area contributed by atoms with Crippen molar-refractivity contribution in [2.24, 2.45) is 0 Å². The van der Waals surface area contributed by atoms with Gasteiger partial charge in [0.1, 0.15) is 5.75 Å². The van der Waals surface area contributed by atoms with E-state index in [2.05, 4.69) is 29.0 Å². The molecular weight excluding hydrogens is 300 g/mol. The first-order valence-electron chi connectivity index (χ1n) is 7.18. The smallest absolute Gasteiger partial charge is 0.414 e. The van der Waals surface area contributed by atoms with Crippen molar-refractivity contribution in [1.29, 1.82) is 0 Å². The van der Waals surface area contributed by atoms with Crippen molar-refractivity contribution in [1.82, 2.24) is 9.97 Å².